The molecule has 1 heterocycles. The Morgan fingerprint density at radius 1 is 1.18 bits per heavy atom. The van der Waals surface area contributed by atoms with Gasteiger partial charge in [-0.3, -0.25) is 0 Å². The Labute approximate surface area is 98.6 Å². The van der Waals surface area contributed by atoms with Gasteiger partial charge in [0.1, 0.15) is 6.33 Å². The molecule has 1 aromatic heterocycles. The molecular weight excluding hydrogens is 216 g/mol. The van der Waals surface area contributed by atoms with Crippen LogP contribution in [0.3, 0.4) is 0 Å². The summed E-state index contributed by atoms with van der Waals surface area (Å²) in [4.78, 5) is 19.0. The number of esters is 1. The summed E-state index contributed by atoms with van der Waals surface area (Å²) in [5.74, 6) is -0.500. The summed E-state index contributed by atoms with van der Waals surface area (Å²) >= 11 is 0. The molecule has 0 aliphatic heterocycles. The summed E-state index contributed by atoms with van der Waals surface area (Å²) in [5.41, 5.74) is 1.20. The minimum atomic E-state index is -0.500. The number of carbonyl (C=O) groups is 1. The fraction of sp³-hybridized carbons (Fsp3) is 0. The molecule has 2 rings (SSSR count). The van der Waals surface area contributed by atoms with Gasteiger partial charge in [0.2, 0.25) is 0 Å². The molecule has 0 fully saturated rings. The molecule has 0 saturated carbocycles. The highest BCUT2D eigenvalue weighted by Crippen LogP contribution is 2.02. The molecule has 17 heavy (non-hydrogen) atoms. The van der Waals surface area contributed by atoms with Crippen LogP contribution in [0.5, 0.6) is 0 Å². The SMILES string of the molecule is O=C(O/C=C/c1ccccc1)c1ccncn1. The number of ether oxygens (including phenoxy) is 1. The van der Waals surface area contributed by atoms with Crippen molar-refractivity contribution >= 4 is 12.0 Å². The van der Waals surface area contributed by atoms with E-state index in [1.807, 2.05) is 30.3 Å². The molecule has 1 aromatic carbocycles. The van der Waals surface area contributed by atoms with Crippen LogP contribution in [0.15, 0.2) is 55.2 Å². The predicted molar refractivity (Wildman–Crippen MR) is 62.9 cm³/mol. The normalized spacial score (nSPS) is 10.4. The number of nitrogens with zero attached hydrogens (tertiary/aromatic N) is 2. The monoisotopic (exact) mass is 226 g/mol. The number of hydrogen-bond donors (Lipinski definition) is 0. The third-order valence-corrected chi connectivity index (χ3v) is 2.03. The van der Waals surface area contributed by atoms with Crippen molar-refractivity contribution in [2.24, 2.45) is 0 Å². The van der Waals surface area contributed by atoms with Gasteiger partial charge in [0.25, 0.3) is 0 Å². The van der Waals surface area contributed by atoms with Crippen LogP contribution in [-0.4, -0.2) is 15.9 Å². The first-order valence-electron chi connectivity index (χ1n) is 5.05. The Kier molecular flexibility index (Phi) is 3.60. The Bertz CT molecular complexity index is 509. The number of carbonyl (C=O) groups excluding carboxylic acids is 1. The van der Waals surface area contributed by atoms with Gasteiger partial charge in [0, 0.05) is 6.20 Å². The van der Waals surface area contributed by atoms with E-state index in [0.717, 1.165) is 5.56 Å². The second-order valence-corrected chi connectivity index (χ2v) is 3.21. The quantitative estimate of drug-likeness (QED) is 0.595. The predicted octanol–water partition coefficient (Wildman–Crippen LogP) is 2.30. The van der Waals surface area contributed by atoms with E-state index in [-0.39, 0.29) is 5.69 Å². The molecule has 0 N–H and O–H groups in total. The van der Waals surface area contributed by atoms with E-state index in [4.69, 9.17) is 4.74 Å². The Morgan fingerprint density at radius 2 is 2.00 bits per heavy atom. The average molecular weight is 226 g/mol. The molecule has 4 nitrogen and oxygen atoms in total. The minimum Gasteiger partial charge on any atom is -0.430 e. The number of benzene rings is 1. The molecule has 0 saturated heterocycles. The molecular formula is C13H10N2O2. The molecule has 0 spiro atoms. The molecule has 0 unspecified atom stereocenters. The van der Waals surface area contributed by atoms with Gasteiger partial charge < -0.3 is 4.74 Å². The van der Waals surface area contributed by atoms with Crippen LogP contribution in [0, 0.1) is 0 Å². The summed E-state index contributed by atoms with van der Waals surface area (Å²) in [7, 11) is 0. The molecule has 0 aliphatic rings. The van der Waals surface area contributed by atoms with Gasteiger partial charge >= 0.3 is 5.97 Å². The maximum atomic E-state index is 11.5. The summed E-state index contributed by atoms with van der Waals surface area (Å²) in [6.45, 7) is 0. The zero-order chi connectivity index (χ0) is 11.9. The smallest absolute Gasteiger partial charge is 0.361 e. The molecule has 0 atom stereocenters. The Hall–Kier alpha value is -2.49. The molecule has 84 valence electrons. The van der Waals surface area contributed by atoms with Crippen LogP contribution in [-0.2, 0) is 4.74 Å². The highest BCUT2D eigenvalue weighted by molar-refractivity contribution is 5.87. The van der Waals surface area contributed by atoms with Crippen molar-refractivity contribution in [3.63, 3.8) is 0 Å². The van der Waals surface area contributed by atoms with E-state index in [9.17, 15) is 4.79 Å². The third-order valence-electron chi connectivity index (χ3n) is 2.03. The van der Waals surface area contributed by atoms with Crippen molar-refractivity contribution in [2.45, 2.75) is 0 Å². The van der Waals surface area contributed by atoms with Gasteiger partial charge in [0.15, 0.2) is 5.69 Å². The van der Waals surface area contributed by atoms with E-state index in [1.54, 1.807) is 6.08 Å². The number of aromatic nitrogens is 2. The van der Waals surface area contributed by atoms with Crippen LogP contribution < -0.4 is 0 Å². The van der Waals surface area contributed by atoms with Crippen LogP contribution in [0.25, 0.3) is 6.08 Å². The maximum Gasteiger partial charge on any atom is 0.361 e. The fourth-order valence-electron chi connectivity index (χ4n) is 1.21. The maximum absolute atomic E-state index is 11.5. The third kappa shape index (κ3) is 3.24. The van der Waals surface area contributed by atoms with Gasteiger partial charge in [-0.15, -0.1) is 0 Å². The van der Waals surface area contributed by atoms with E-state index >= 15 is 0 Å². The molecule has 0 radical (unpaired) electrons. The van der Waals surface area contributed by atoms with Gasteiger partial charge in [-0.25, -0.2) is 14.8 Å². The first-order valence-corrected chi connectivity index (χ1v) is 5.05. The minimum absolute atomic E-state index is 0.234. The van der Waals surface area contributed by atoms with Gasteiger partial charge in [0.05, 0.1) is 6.26 Å². The topological polar surface area (TPSA) is 52.1 Å². The fourth-order valence-corrected chi connectivity index (χ4v) is 1.21. The molecule has 4 heteroatoms. The largest absolute Gasteiger partial charge is 0.430 e. The summed E-state index contributed by atoms with van der Waals surface area (Å²) < 4.78 is 4.92. The van der Waals surface area contributed by atoms with Crippen molar-refractivity contribution in [1.82, 2.24) is 9.97 Å². The van der Waals surface area contributed by atoms with E-state index in [1.165, 1.54) is 24.9 Å². The van der Waals surface area contributed by atoms with Crippen LogP contribution >= 0.6 is 0 Å². The van der Waals surface area contributed by atoms with Crippen molar-refractivity contribution in [2.75, 3.05) is 0 Å². The average Bonchev–Trinajstić information content (AvgIpc) is 2.41. The van der Waals surface area contributed by atoms with Gasteiger partial charge in [-0.05, 0) is 17.7 Å². The highest BCUT2D eigenvalue weighted by Gasteiger charge is 2.05. The van der Waals surface area contributed by atoms with E-state index in [2.05, 4.69) is 9.97 Å². The first-order chi connectivity index (χ1) is 8.36. The lowest BCUT2D eigenvalue weighted by Gasteiger charge is -1.97. The first kappa shape index (κ1) is 11.0. The summed E-state index contributed by atoms with van der Waals surface area (Å²) in [6, 6.07) is 11.1. The van der Waals surface area contributed by atoms with Crippen molar-refractivity contribution in [3.8, 4) is 0 Å². The van der Waals surface area contributed by atoms with Gasteiger partial charge in [-0.1, -0.05) is 30.3 Å². The zero-order valence-corrected chi connectivity index (χ0v) is 8.98. The molecule has 0 amide bonds. The Balaban J connectivity index is 1.95. The Morgan fingerprint density at radius 3 is 2.71 bits per heavy atom. The van der Waals surface area contributed by atoms with Crippen LogP contribution in [0.4, 0.5) is 0 Å². The lowest BCUT2D eigenvalue weighted by Crippen LogP contribution is -2.03. The molecule has 0 bridgehead atoms. The van der Waals surface area contributed by atoms with Crippen LogP contribution in [0.2, 0.25) is 0 Å². The van der Waals surface area contributed by atoms with Crippen molar-refractivity contribution in [1.29, 1.82) is 0 Å². The van der Waals surface area contributed by atoms with Gasteiger partial charge in [-0.2, -0.15) is 0 Å². The van der Waals surface area contributed by atoms with Crippen molar-refractivity contribution < 1.29 is 9.53 Å². The van der Waals surface area contributed by atoms with E-state index in [0.29, 0.717) is 0 Å². The second-order valence-electron chi connectivity index (χ2n) is 3.21. The zero-order valence-electron chi connectivity index (χ0n) is 8.98. The number of rotatable bonds is 3. The summed E-state index contributed by atoms with van der Waals surface area (Å²) in [6.07, 6.45) is 5.85. The molecule has 2 aromatic rings. The second kappa shape index (κ2) is 5.55. The van der Waals surface area contributed by atoms with E-state index < -0.39 is 5.97 Å². The van der Waals surface area contributed by atoms with Crippen LogP contribution in [0.1, 0.15) is 16.1 Å². The number of hydrogen-bond acceptors (Lipinski definition) is 4. The highest BCUT2D eigenvalue weighted by atomic mass is 16.5. The van der Waals surface area contributed by atoms with Crippen molar-refractivity contribution in [3.05, 3.63) is 66.4 Å². The lowest BCUT2D eigenvalue weighted by molar-refractivity contribution is 0.0658. The molecule has 0 aliphatic carbocycles. The standard InChI is InChI=1S/C13H10N2O2/c16-13(12-6-8-14-10-15-12)17-9-7-11-4-2-1-3-5-11/h1-10H/b9-7+. The summed E-state index contributed by atoms with van der Waals surface area (Å²) in [5, 5.41) is 0. The lowest BCUT2D eigenvalue weighted by atomic mass is 10.2.